The van der Waals surface area contributed by atoms with Crippen LogP contribution in [-0.4, -0.2) is 10.3 Å². The van der Waals surface area contributed by atoms with Gasteiger partial charge in [0.05, 0.1) is 60.0 Å². The van der Waals surface area contributed by atoms with E-state index in [1.165, 1.54) is 43.2 Å². The number of unbranched alkanes of at least 4 members (excludes halogenated alkanes) is 5. The summed E-state index contributed by atoms with van der Waals surface area (Å²) in [5.41, 5.74) is 0. The molecule has 0 heterocycles. The maximum Gasteiger partial charge on any atom is 0.0809 e. The molecule has 2 aromatic rings. The van der Waals surface area contributed by atoms with Gasteiger partial charge in [0.15, 0.2) is 0 Å². The molecule has 2 aromatic carbocycles. The lowest BCUT2D eigenvalue weighted by atomic mass is 10.1. The molecule has 0 amide bonds. The third kappa shape index (κ3) is 7.99. The Balaban J connectivity index is 2.37. The van der Waals surface area contributed by atoms with Crippen LogP contribution in [-0.2, 0) is 0 Å². The molecule has 0 saturated carbocycles. The SMILES string of the molecule is CCCCCCCCN(Sc1c(Cl)c(Cl)c(Cl)c(Cl)c1Cl)Sc1c(Cl)c(Cl)c(Cl)c(Cl)c1Cl. The lowest BCUT2D eigenvalue weighted by Crippen LogP contribution is -2.09. The largest absolute Gasteiger partial charge is 0.186 e. The van der Waals surface area contributed by atoms with E-state index in [1.54, 1.807) is 0 Å². The number of benzene rings is 2. The summed E-state index contributed by atoms with van der Waals surface area (Å²) >= 11 is 65.5. The summed E-state index contributed by atoms with van der Waals surface area (Å²) in [6.45, 7) is 2.82. The number of nitrogens with zero attached hydrogens (tertiary/aromatic N) is 1. The van der Waals surface area contributed by atoms with Crippen LogP contribution in [0, 0.1) is 0 Å². The minimum atomic E-state index is 0.0927. The van der Waals surface area contributed by atoms with E-state index < -0.39 is 0 Å². The quantitative estimate of drug-likeness (QED) is 0.100. The molecule has 0 bridgehead atoms. The maximum atomic E-state index is 6.45. The summed E-state index contributed by atoms with van der Waals surface area (Å²) in [7, 11) is 0. The van der Waals surface area contributed by atoms with Gasteiger partial charge in [-0.15, -0.1) is 0 Å². The molecule has 33 heavy (non-hydrogen) atoms. The zero-order chi connectivity index (χ0) is 24.9. The van der Waals surface area contributed by atoms with Gasteiger partial charge >= 0.3 is 0 Å². The molecule has 13 heteroatoms. The fourth-order valence-electron chi connectivity index (χ4n) is 2.66. The normalized spacial score (nSPS) is 11.6. The van der Waals surface area contributed by atoms with Crippen LogP contribution in [0.15, 0.2) is 9.79 Å². The number of rotatable bonds is 11. The van der Waals surface area contributed by atoms with E-state index in [0.29, 0.717) is 16.3 Å². The molecule has 0 saturated heterocycles. The molecule has 0 N–H and O–H groups in total. The predicted octanol–water partition coefficient (Wildman–Crippen LogP) is 13.6. The third-order valence-electron chi connectivity index (χ3n) is 4.42. The number of hydrogen-bond acceptors (Lipinski definition) is 3. The first-order valence-electron chi connectivity index (χ1n) is 9.69. The second kappa shape index (κ2) is 14.8. The van der Waals surface area contributed by atoms with Gasteiger partial charge in [0.2, 0.25) is 0 Å². The fraction of sp³-hybridized carbons (Fsp3) is 0.400. The maximum absolute atomic E-state index is 6.45. The Hall–Kier alpha value is 2.00. The number of halogens is 10. The van der Waals surface area contributed by atoms with Crippen LogP contribution in [0.3, 0.4) is 0 Å². The van der Waals surface area contributed by atoms with Crippen LogP contribution in [0.5, 0.6) is 0 Å². The highest BCUT2D eigenvalue weighted by Crippen LogP contribution is 2.53. The van der Waals surface area contributed by atoms with Crippen molar-refractivity contribution >= 4 is 140 Å². The third-order valence-corrected chi connectivity index (χ3v) is 11.8. The van der Waals surface area contributed by atoms with Gasteiger partial charge in [-0.1, -0.05) is 155 Å². The molecule has 0 aliphatic carbocycles. The molecular formula is C20H17Cl10NS2. The Morgan fingerprint density at radius 3 is 1.12 bits per heavy atom. The molecule has 0 unspecified atom stereocenters. The minimum absolute atomic E-state index is 0.0927. The predicted molar refractivity (Wildman–Crippen MR) is 155 cm³/mol. The van der Waals surface area contributed by atoms with E-state index in [4.69, 9.17) is 116 Å². The molecule has 0 radical (unpaired) electrons. The second-order valence-corrected chi connectivity index (χ2v) is 12.9. The van der Waals surface area contributed by atoms with Crippen LogP contribution in [0.1, 0.15) is 45.4 Å². The summed E-state index contributed by atoms with van der Waals surface area (Å²) in [5, 5.41) is 1.44. The fourth-order valence-corrected chi connectivity index (χ4v) is 7.75. The summed E-state index contributed by atoms with van der Waals surface area (Å²) in [5.74, 6) is 0. The zero-order valence-corrected chi connectivity index (χ0v) is 26.2. The van der Waals surface area contributed by atoms with E-state index in [2.05, 4.69) is 6.92 Å². The van der Waals surface area contributed by atoms with Crippen molar-refractivity contribution in [3.8, 4) is 0 Å². The molecule has 0 atom stereocenters. The Bertz CT molecular complexity index is 872. The van der Waals surface area contributed by atoms with Crippen LogP contribution >= 0.6 is 140 Å². The Morgan fingerprint density at radius 1 is 0.455 bits per heavy atom. The van der Waals surface area contributed by atoms with Gasteiger partial charge in [0, 0.05) is 6.54 Å². The highest BCUT2D eigenvalue weighted by molar-refractivity contribution is 8.12. The van der Waals surface area contributed by atoms with Crippen molar-refractivity contribution < 1.29 is 0 Å². The van der Waals surface area contributed by atoms with E-state index in [1.807, 2.05) is 3.71 Å². The molecule has 0 spiro atoms. The van der Waals surface area contributed by atoms with Crippen molar-refractivity contribution in [1.82, 2.24) is 3.71 Å². The average Bonchev–Trinajstić information content (AvgIpc) is 2.81. The molecule has 1 nitrogen and oxygen atoms in total. The van der Waals surface area contributed by atoms with Gasteiger partial charge in [0.1, 0.15) is 0 Å². The summed E-state index contributed by atoms with van der Waals surface area (Å²) in [6, 6.07) is 0. The summed E-state index contributed by atoms with van der Waals surface area (Å²) < 4.78 is 1.92. The van der Waals surface area contributed by atoms with Crippen molar-refractivity contribution in [2.45, 2.75) is 55.2 Å². The second-order valence-electron chi connectivity index (χ2n) is 6.80. The molecule has 184 valence electrons. The smallest absolute Gasteiger partial charge is 0.0809 e. The standard InChI is InChI=1S/C20H17Cl10NS2/c1-2-3-4-5-6-7-8-31(32-19-15(27)11(23)9(21)12(24)16(19)28)33-20-17(29)13(25)10(22)14(26)18(20)30/h2-8H2,1H3. The van der Waals surface area contributed by atoms with Crippen molar-refractivity contribution in [2.75, 3.05) is 6.54 Å². The van der Waals surface area contributed by atoms with E-state index >= 15 is 0 Å². The molecule has 0 aliphatic heterocycles. The van der Waals surface area contributed by atoms with Gasteiger partial charge in [-0.3, -0.25) is 0 Å². The summed E-state index contributed by atoms with van der Waals surface area (Å²) in [4.78, 5) is 0.907. The van der Waals surface area contributed by atoms with E-state index in [9.17, 15) is 0 Å². The van der Waals surface area contributed by atoms with E-state index in [0.717, 1.165) is 19.3 Å². The van der Waals surface area contributed by atoms with Crippen molar-refractivity contribution in [3.05, 3.63) is 50.2 Å². The Morgan fingerprint density at radius 2 is 0.758 bits per heavy atom. The lowest BCUT2D eigenvalue weighted by molar-refractivity contribution is 0.574. The van der Waals surface area contributed by atoms with Crippen LogP contribution in [0.4, 0.5) is 0 Å². The molecular weight excluding hydrogens is 673 g/mol. The van der Waals surface area contributed by atoms with Crippen molar-refractivity contribution in [2.24, 2.45) is 0 Å². The monoisotopic (exact) mass is 685 g/mol. The van der Waals surface area contributed by atoms with Gasteiger partial charge in [0.25, 0.3) is 0 Å². The lowest BCUT2D eigenvalue weighted by Gasteiger charge is -2.23. The van der Waals surface area contributed by atoms with Gasteiger partial charge in [-0.25, -0.2) is 0 Å². The molecule has 0 aliphatic rings. The van der Waals surface area contributed by atoms with E-state index in [-0.39, 0.29) is 50.2 Å². The molecule has 2 rings (SSSR count). The van der Waals surface area contributed by atoms with Crippen LogP contribution in [0.2, 0.25) is 50.2 Å². The topological polar surface area (TPSA) is 3.24 Å². The van der Waals surface area contributed by atoms with Gasteiger partial charge in [-0.2, -0.15) is 3.71 Å². The van der Waals surface area contributed by atoms with Crippen LogP contribution < -0.4 is 0 Å². The number of hydrogen-bond donors (Lipinski definition) is 0. The van der Waals surface area contributed by atoms with Crippen LogP contribution in [0.25, 0.3) is 0 Å². The van der Waals surface area contributed by atoms with Crippen molar-refractivity contribution in [1.29, 1.82) is 0 Å². The minimum Gasteiger partial charge on any atom is -0.186 e. The Kier molecular flexibility index (Phi) is 14.0. The average molecular weight is 690 g/mol. The van der Waals surface area contributed by atoms with Crippen molar-refractivity contribution in [3.63, 3.8) is 0 Å². The first-order valence-corrected chi connectivity index (χ1v) is 15.0. The zero-order valence-electron chi connectivity index (χ0n) is 17.0. The van der Waals surface area contributed by atoms with Gasteiger partial charge in [-0.05, 0) is 30.3 Å². The first-order chi connectivity index (χ1) is 15.5. The van der Waals surface area contributed by atoms with Gasteiger partial charge < -0.3 is 0 Å². The first kappa shape index (κ1) is 31.2. The molecule has 0 fully saturated rings. The highest BCUT2D eigenvalue weighted by Gasteiger charge is 2.26. The highest BCUT2D eigenvalue weighted by atomic mass is 35.5. The molecule has 0 aromatic heterocycles. The summed E-state index contributed by atoms with van der Waals surface area (Å²) in [6.07, 6.45) is 6.67. The Labute approximate surface area is 253 Å².